The molecule has 0 bridgehead atoms. The average molecular weight is 472 g/mol. The number of carbonyl (C=O) groups excluding carboxylic acids is 1. The van der Waals surface area contributed by atoms with Crippen LogP contribution in [0.15, 0.2) is 48.5 Å². The van der Waals surface area contributed by atoms with E-state index in [1.165, 1.54) is 12.1 Å². The van der Waals surface area contributed by atoms with Crippen LogP contribution in [0.1, 0.15) is 44.2 Å². The number of halogens is 2. The predicted molar refractivity (Wildman–Crippen MR) is 129 cm³/mol. The van der Waals surface area contributed by atoms with Crippen LogP contribution in [0.2, 0.25) is 0 Å². The van der Waals surface area contributed by atoms with E-state index in [2.05, 4.69) is 24.1 Å². The molecule has 7 heteroatoms. The zero-order valence-electron chi connectivity index (χ0n) is 20.1. The minimum absolute atomic E-state index is 0.113. The molecular formula is C27H35F2N3O2. The number of nitrogens with zero attached hydrogens (tertiary/aromatic N) is 2. The van der Waals surface area contributed by atoms with Gasteiger partial charge in [0, 0.05) is 25.7 Å². The third kappa shape index (κ3) is 6.06. The molecule has 1 N–H and O–H groups in total. The highest BCUT2D eigenvalue weighted by atomic mass is 19.1. The van der Waals surface area contributed by atoms with E-state index in [0.29, 0.717) is 25.5 Å². The van der Waals surface area contributed by atoms with Gasteiger partial charge in [0.2, 0.25) is 0 Å². The first-order valence-corrected chi connectivity index (χ1v) is 12.3. The number of piperidine rings is 1. The molecule has 0 aliphatic carbocycles. The summed E-state index contributed by atoms with van der Waals surface area (Å²) < 4.78 is 34.6. The largest absolute Gasteiger partial charge is 0.493 e. The minimum atomic E-state index is -1.08. The smallest absolute Gasteiger partial charge is 0.318 e. The molecule has 2 aromatic rings. The first kappa shape index (κ1) is 24.5. The van der Waals surface area contributed by atoms with E-state index in [0.717, 1.165) is 42.8 Å². The van der Waals surface area contributed by atoms with Gasteiger partial charge >= 0.3 is 6.03 Å². The Labute approximate surface area is 201 Å². The molecule has 2 aliphatic heterocycles. The first-order chi connectivity index (χ1) is 16.4. The number of fused-ring (bicyclic) bond motifs is 1. The summed E-state index contributed by atoms with van der Waals surface area (Å²) in [6.45, 7) is 7.15. The van der Waals surface area contributed by atoms with Crippen LogP contribution in [0.5, 0.6) is 5.75 Å². The molecule has 2 aliphatic rings. The zero-order valence-corrected chi connectivity index (χ0v) is 20.1. The quantitative estimate of drug-likeness (QED) is 0.579. The Bertz CT molecular complexity index is 936. The lowest BCUT2D eigenvalue weighted by Gasteiger charge is -2.43. The third-order valence-corrected chi connectivity index (χ3v) is 6.74. The summed E-state index contributed by atoms with van der Waals surface area (Å²) in [6, 6.07) is 12.8. The molecule has 5 nitrogen and oxygen atoms in total. The third-order valence-electron chi connectivity index (χ3n) is 6.74. The molecular weight excluding hydrogens is 436 g/mol. The van der Waals surface area contributed by atoms with E-state index in [4.69, 9.17) is 4.74 Å². The van der Waals surface area contributed by atoms with Crippen molar-refractivity contribution < 1.29 is 18.3 Å². The van der Waals surface area contributed by atoms with E-state index < -0.39 is 12.2 Å². The van der Waals surface area contributed by atoms with Crippen molar-refractivity contribution in [3.05, 3.63) is 65.5 Å². The molecule has 0 aromatic heterocycles. The van der Waals surface area contributed by atoms with Crippen molar-refractivity contribution in [2.45, 2.75) is 64.5 Å². The predicted octanol–water partition coefficient (Wildman–Crippen LogP) is 5.15. The summed E-state index contributed by atoms with van der Waals surface area (Å²) in [5.41, 5.74) is 1.72. The van der Waals surface area contributed by atoms with Crippen molar-refractivity contribution >= 4 is 6.03 Å². The number of rotatable bonds is 8. The van der Waals surface area contributed by atoms with E-state index in [1.54, 1.807) is 17.0 Å². The Morgan fingerprint density at radius 1 is 1.09 bits per heavy atom. The van der Waals surface area contributed by atoms with Crippen molar-refractivity contribution in [1.82, 2.24) is 15.1 Å². The molecule has 2 fully saturated rings. The minimum Gasteiger partial charge on any atom is -0.493 e. The lowest BCUT2D eigenvalue weighted by molar-refractivity contribution is 0.0200. The van der Waals surface area contributed by atoms with Gasteiger partial charge in [0.25, 0.3) is 0 Å². The Hall–Kier alpha value is -2.67. The Kier molecular flexibility index (Phi) is 8.03. The summed E-state index contributed by atoms with van der Waals surface area (Å²) >= 11 is 0. The number of carbonyl (C=O) groups is 1. The summed E-state index contributed by atoms with van der Waals surface area (Å²) in [5, 5.41) is 2.92. The first-order valence-electron chi connectivity index (χ1n) is 12.3. The lowest BCUT2D eigenvalue weighted by Crippen LogP contribution is -2.58. The van der Waals surface area contributed by atoms with Crippen LogP contribution < -0.4 is 10.1 Å². The molecule has 2 saturated heterocycles. The number of nitrogens with one attached hydrogen (secondary N) is 1. The fourth-order valence-corrected chi connectivity index (χ4v) is 4.90. The lowest BCUT2D eigenvalue weighted by atomic mass is 9.93. The molecule has 34 heavy (non-hydrogen) atoms. The second-order valence-electron chi connectivity index (χ2n) is 9.81. The molecule has 4 rings (SSSR count). The van der Waals surface area contributed by atoms with Crippen LogP contribution in [0.3, 0.4) is 0 Å². The molecule has 2 amide bonds. The number of ether oxygens (including phenoxy) is 1. The summed E-state index contributed by atoms with van der Waals surface area (Å²) in [6.07, 6.45) is 1.37. The molecule has 2 aromatic carbocycles. The van der Waals surface area contributed by atoms with Gasteiger partial charge in [0.1, 0.15) is 17.7 Å². The highest BCUT2D eigenvalue weighted by Crippen LogP contribution is 2.32. The summed E-state index contributed by atoms with van der Waals surface area (Å²) in [4.78, 5) is 17.2. The van der Waals surface area contributed by atoms with Crippen molar-refractivity contribution in [2.75, 3.05) is 19.7 Å². The Morgan fingerprint density at radius 2 is 1.79 bits per heavy atom. The second-order valence-corrected chi connectivity index (χ2v) is 9.81. The van der Waals surface area contributed by atoms with Gasteiger partial charge in [0.05, 0.1) is 12.6 Å². The van der Waals surface area contributed by atoms with Crippen molar-refractivity contribution in [1.29, 1.82) is 0 Å². The summed E-state index contributed by atoms with van der Waals surface area (Å²) in [7, 11) is 0. The van der Waals surface area contributed by atoms with Crippen LogP contribution in [-0.2, 0) is 13.1 Å². The highest BCUT2D eigenvalue weighted by molar-refractivity contribution is 5.74. The van der Waals surface area contributed by atoms with E-state index in [1.807, 2.05) is 24.3 Å². The van der Waals surface area contributed by atoms with E-state index in [9.17, 15) is 9.18 Å². The molecule has 184 valence electrons. The molecule has 0 unspecified atom stereocenters. The van der Waals surface area contributed by atoms with Crippen LogP contribution in [0.4, 0.5) is 13.6 Å². The van der Waals surface area contributed by atoms with E-state index in [-0.39, 0.29) is 24.4 Å². The van der Waals surface area contributed by atoms with Gasteiger partial charge in [-0.2, -0.15) is 0 Å². The standard InChI is InChI=1S/C27H35F2N3O2/c1-19(2)18-34-23-11-7-21(8-12-23)17-32(25-13-15-31-14-3-4-24(31)26(25)29)27(33)30-16-20-5-9-22(28)10-6-20/h5-12,19,24-26H,3-4,13-18H2,1-2H3,(H,30,33)/t24-,25-,26-/m0/s1. The molecule has 2 heterocycles. The highest BCUT2D eigenvalue weighted by Gasteiger charge is 2.44. The van der Waals surface area contributed by atoms with Gasteiger partial charge in [-0.3, -0.25) is 4.90 Å². The van der Waals surface area contributed by atoms with Gasteiger partial charge in [-0.15, -0.1) is 0 Å². The van der Waals surface area contributed by atoms with Crippen molar-refractivity contribution in [3.8, 4) is 5.75 Å². The SMILES string of the molecule is CC(C)COc1ccc(CN(C(=O)NCc2ccc(F)cc2)[C@H]2CCN3CCC[C@H]3[C@@H]2F)cc1. The second kappa shape index (κ2) is 11.2. The molecule has 0 saturated carbocycles. The number of hydrogen-bond donors (Lipinski definition) is 1. The van der Waals surface area contributed by atoms with Crippen molar-refractivity contribution in [3.63, 3.8) is 0 Å². The normalized spacial score (nSPS) is 22.4. The van der Waals surface area contributed by atoms with Crippen molar-refractivity contribution in [2.24, 2.45) is 5.92 Å². The molecule has 0 spiro atoms. The fraction of sp³-hybridized carbons (Fsp3) is 0.519. The number of benzene rings is 2. The van der Waals surface area contributed by atoms with Gasteiger partial charge in [-0.05, 0) is 67.1 Å². The van der Waals surface area contributed by atoms with E-state index >= 15 is 4.39 Å². The maximum atomic E-state index is 15.6. The monoisotopic (exact) mass is 471 g/mol. The molecule has 3 atom stereocenters. The maximum Gasteiger partial charge on any atom is 0.318 e. The van der Waals surface area contributed by atoms with Crippen LogP contribution in [0.25, 0.3) is 0 Å². The fourth-order valence-electron chi connectivity index (χ4n) is 4.90. The van der Waals surface area contributed by atoms with Crippen LogP contribution >= 0.6 is 0 Å². The zero-order chi connectivity index (χ0) is 24.1. The Morgan fingerprint density at radius 3 is 2.50 bits per heavy atom. The summed E-state index contributed by atoms with van der Waals surface area (Å²) in [5.74, 6) is 0.899. The number of amides is 2. The van der Waals surface area contributed by atoms with Crippen LogP contribution in [0, 0.1) is 11.7 Å². The number of alkyl halides is 1. The van der Waals surface area contributed by atoms with Gasteiger partial charge in [-0.25, -0.2) is 13.6 Å². The van der Waals surface area contributed by atoms with Crippen LogP contribution in [-0.4, -0.2) is 53.8 Å². The Balaban J connectivity index is 1.47. The van der Waals surface area contributed by atoms with Gasteiger partial charge in [0.15, 0.2) is 0 Å². The maximum absolute atomic E-state index is 15.6. The number of urea groups is 1. The average Bonchev–Trinajstić information content (AvgIpc) is 3.32. The molecule has 0 radical (unpaired) electrons. The van der Waals surface area contributed by atoms with Gasteiger partial charge in [-0.1, -0.05) is 38.1 Å². The number of hydrogen-bond acceptors (Lipinski definition) is 3. The van der Waals surface area contributed by atoms with Gasteiger partial charge < -0.3 is 15.0 Å². The topological polar surface area (TPSA) is 44.8 Å².